The lowest BCUT2D eigenvalue weighted by atomic mass is 9.89. The van der Waals surface area contributed by atoms with E-state index in [4.69, 9.17) is 0 Å². The summed E-state index contributed by atoms with van der Waals surface area (Å²) in [7, 11) is 0. The molecule has 0 saturated carbocycles. The molecule has 1 aliphatic carbocycles. The van der Waals surface area contributed by atoms with E-state index in [0.717, 1.165) is 29.7 Å². The van der Waals surface area contributed by atoms with Crippen molar-refractivity contribution in [1.29, 1.82) is 5.26 Å². The molecule has 0 fully saturated rings. The number of fused-ring (bicyclic) bond motifs is 1. The first-order valence-electron chi connectivity index (χ1n) is 8.12. The standard InChI is InChI=1S/C18H14F4N2O2S/c1-8-2-3-9-10(6-23)18(27-13(9)4-8)24-14(25)7-26-17-15(21)11(19)5-12(20)16(17)22/h5,8H,2-4,7H2,1H3,(H,24,25)/t8-/m0/s1. The van der Waals surface area contributed by atoms with Crippen LogP contribution in [0.3, 0.4) is 0 Å². The van der Waals surface area contributed by atoms with E-state index in [1.165, 1.54) is 11.3 Å². The maximum atomic E-state index is 13.6. The van der Waals surface area contributed by atoms with Gasteiger partial charge < -0.3 is 10.1 Å². The number of nitriles is 1. The molecule has 1 N–H and O–H groups in total. The molecule has 1 aromatic heterocycles. The minimum absolute atomic E-state index is 0.0496. The molecule has 0 spiro atoms. The molecule has 0 radical (unpaired) electrons. The fourth-order valence-corrected chi connectivity index (χ4v) is 4.31. The van der Waals surface area contributed by atoms with Crippen LogP contribution in [-0.2, 0) is 17.6 Å². The summed E-state index contributed by atoms with van der Waals surface area (Å²) in [6.07, 6.45) is 2.49. The van der Waals surface area contributed by atoms with Gasteiger partial charge in [0.1, 0.15) is 11.1 Å². The third-order valence-electron chi connectivity index (χ3n) is 4.30. The molecule has 3 rings (SSSR count). The van der Waals surface area contributed by atoms with Crippen molar-refractivity contribution in [3.05, 3.63) is 45.3 Å². The Morgan fingerprint density at radius 1 is 1.33 bits per heavy atom. The Morgan fingerprint density at radius 3 is 2.63 bits per heavy atom. The number of carbonyl (C=O) groups is 1. The highest BCUT2D eigenvalue weighted by Crippen LogP contribution is 2.39. The Labute approximate surface area is 156 Å². The summed E-state index contributed by atoms with van der Waals surface area (Å²) in [4.78, 5) is 13.1. The van der Waals surface area contributed by atoms with Crippen molar-refractivity contribution in [2.24, 2.45) is 5.92 Å². The van der Waals surface area contributed by atoms with Gasteiger partial charge in [-0.3, -0.25) is 4.79 Å². The third kappa shape index (κ3) is 3.76. The Morgan fingerprint density at radius 2 is 2.00 bits per heavy atom. The molecule has 27 heavy (non-hydrogen) atoms. The molecular weight excluding hydrogens is 384 g/mol. The van der Waals surface area contributed by atoms with Crippen LogP contribution in [0.2, 0.25) is 0 Å². The molecule has 0 bridgehead atoms. The quantitative estimate of drug-likeness (QED) is 0.616. The number of anilines is 1. The molecule has 9 heteroatoms. The first-order valence-corrected chi connectivity index (χ1v) is 8.93. The number of benzene rings is 1. The van der Waals surface area contributed by atoms with Crippen LogP contribution in [0.15, 0.2) is 6.07 Å². The normalized spacial score (nSPS) is 15.8. The summed E-state index contributed by atoms with van der Waals surface area (Å²) in [5, 5.41) is 12.2. The zero-order valence-electron chi connectivity index (χ0n) is 14.2. The van der Waals surface area contributed by atoms with Crippen LogP contribution >= 0.6 is 11.3 Å². The minimum atomic E-state index is -1.72. The minimum Gasteiger partial charge on any atom is -0.477 e. The number of nitrogens with one attached hydrogen (secondary N) is 1. The summed E-state index contributed by atoms with van der Waals surface area (Å²) < 4.78 is 58.0. The van der Waals surface area contributed by atoms with E-state index in [1.54, 1.807) is 0 Å². The van der Waals surface area contributed by atoms with Gasteiger partial charge in [0, 0.05) is 10.9 Å². The molecular formula is C18H14F4N2O2S. The van der Waals surface area contributed by atoms with Crippen LogP contribution in [-0.4, -0.2) is 12.5 Å². The second-order valence-electron chi connectivity index (χ2n) is 6.30. The molecule has 1 aliphatic rings. The molecule has 0 unspecified atom stereocenters. The van der Waals surface area contributed by atoms with Crippen LogP contribution < -0.4 is 10.1 Å². The van der Waals surface area contributed by atoms with Gasteiger partial charge in [0.25, 0.3) is 5.91 Å². The van der Waals surface area contributed by atoms with Gasteiger partial charge in [-0.05, 0) is 30.7 Å². The fourth-order valence-electron chi connectivity index (χ4n) is 2.94. The lowest BCUT2D eigenvalue weighted by Crippen LogP contribution is -2.21. The van der Waals surface area contributed by atoms with Crippen LogP contribution in [0.5, 0.6) is 5.75 Å². The highest BCUT2D eigenvalue weighted by atomic mass is 32.1. The summed E-state index contributed by atoms with van der Waals surface area (Å²) in [5.74, 6) is -8.33. The average Bonchev–Trinajstić information content (AvgIpc) is 2.95. The summed E-state index contributed by atoms with van der Waals surface area (Å²) in [6, 6.07) is 2.12. The SMILES string of the molecule is C[C@H]1CCc2c(sc(NC(=O)COc3c(F)c(F)cc(F)c3F)c2C#N)C1. The monoisotopic (exact) mass is 398 g/mol. The number of rotatable bonds is 4. The van der Waals surface area contributed by atoms with E-state index in [2.05, 4.69) is 23.0 Å². The van der Waals surface area contributed by atoms with Crippen LogP contribution in [0, 0.1) is 40.5 Å². The van der Waals surface area contributed by atoms with Gasteiger partial charge in [-0.25, -0.2) is 8.78 Å². The van der Waals surface area contributed by atoms with Gasteiger partial charge in [0.05, 0.1) is 5.56 Å². The zero-order valence-corrected chi connectivity index (χ0v) is 15.0. The van der Waals surface area contributed by atoms with Crippen molar-refractivity contribution in [1.82, 2.24) is 0 Å². The van der Waals surface area contributed by atoms with E-state index < -0.39 is 41.5 Å². The van der Waals surface area contributed by atoms with E-state index in [1.807, 2.05) is 0 Å². The van der Waals surface area contributed by atoms with E-state index in [-0.39, 0.29) is 6.07 Å². The molecule has 142 valence electrons. The zero-order chi connectivity index (χ0) is 19.7. The topological polar surface area (TPSA) is 62.1 Å². The van der Waals surface area contributed by atoms with Crippen molar-refractivity contribution in [2.45, 2.75) is 26.2 Å². The van der Waals surface area contributed by atoms with Gasteiger partial charge in [-0.2, -0.15) is 14.0 Å². The lowest BCUT2D eigenvalue weighted by molar-refractivity contribution is -0.118. The number of hydrogen-bond donors (Lipinski definition) is 1. The Bertz CT molecular complexity index is 926. The first kappa shape index (κ1) is 19.2. The number of carbonyl (C=O) groups excluding carboxylic acids is 1. The van der Waals surface area contributed by atoms with Crippen molar-refractivity contribution < 1.29 is 27.1 Å². The summed E-state index contributed by atoms with van der Waals surface area (Å²) in [6.45, 7) is 1.22. The number of amides is 1. The highest BCUT2D eigenvalue weighted by Gasteiger charge is 2.25. The van der Waals surface area contributed by atoms with Gasteiger partial charge >= 0.3 is 0 Å². The lowest BCUT2D eigenvalue weighted by Gasteiger charge is -2.17. The number of hydrogen-bond acceptors (Lipinski definition) is 4. The molecule has 2 aromatic rings. The molecule has 1 atom stereocenters. The maximum absolute atomic E-state index is 13.6. The largest absolute Gasteiger partial charge is 0.477 e. The molecule has 1 amide bonds. The van der Waals surface area contributed by atoms with E-state index >= 15 is 0 Å². The van der Waals surface area contributed by atoms with Crippen LogP contribution in [0.25, 0.3) is 0 Å². The fraction of sp³-hybridized carbons (Fsp3) is 0.333. The maximum Gasteiger partial charge on any atom is 0.262 e. The van der Waals surface area contributed by atoms with Crippen molar-refractivity contribution in [3.63, 3.8) is 0 Å². The van der Waals surface area contributed by atoms with Crippen LogP contribution in [0.4, 0.5) is 22.6 Å². The predicted octanol–water partition coefficient (Wildman–Crippen LogP) is 4.32. The smallest absolute Gasteiger partial charge is 0.262 e. The number of ether oxygens (including phenoxy) is 1. The van der Waals surface area contributed by atoms with Crippen molar-refractivity contribution >= 4 is 22.2 Å². The molecule has 1 heterocycles. The molecule has 4 nitrogen and oxygen atoms in total. The summed E-state index contributed by atoms with van der Waals surface area (Å²) in [5.41, 5.74) is 1.27. The third-order valence-corrected chi connectivity index (χ3v) is 5.47. The number of thiophene rings is 1. The Hall–Kier alpha value is -2.60. The van der Waals surface area contributed by atoms with Gasteiger partial charge in [0.15, 0.2) is 24.0 Å². The van der Waals surface area contributed by atoms with Crippen LogP contribution in [0.1, 0.15) is 29.3 Å². The Kier molecular flexibility index (Phi) is 5.37. The highest BCUT2D eigenvalue weighted by molar-refractivity contribution is 7.16. The van der Waals surface area contributed by atoms with E-state index in [9.17, 15) is 27.6 Å². The molecule has 1 aromatic carbocycles. The molecule has 0 saturated heterocycles. The summed E-state index contributed by atoms with van der Waals surface area (Å²) >= 11 is 1.27. The second kappa shape index (κ2) is 7.56. The predicted molar refractivity (Wildman–Crippen MR) is 90.6 cm³/mol. The first-order chi connectivity index (χ1) is 12.8. The Balaban J connectivity index is 1.74. The van der Waals surface area contributed by atoms with Gasteiger partial charge in [-0.15, -0.1) is 11.3 Å². The van der Waals surface area contributed by atoms with Crippen molar-refractivity contribution in [2.75, 3.05) is 11.9 Å². The second-order valence-corrected chi connectivity index (χ2v) is 7.41. The number of nitrogens with zero attached hydrogens (tertiary/aromatic N) is 1. The van der Waals surface area contributed by atoms with E-state index in [0.29, 0.717) is 16.5 Å². The van der Waals surface area contributed by atoms with Gasteiger partial charge in [0.2, 0.25) is 11.6 Å². The van der Waals surface area contributed by atoms with Crippen molar-refractivity contribution in [3.8, 4) is 11.8 Å². The average molecular weight is 398 g/mol. The number of halogens is 4. The van der Waals surface area contributed by atoms with Gasteiger partial charge in [-0.1, -0.05) is 6.92 Å². The molecule has 0 aliphatic heterocycles.